The lowest BCUT2D eigenvalue weighted by Crippen LogP contribution is -2.08. The summed E-state index contributed by atoms with van der Waals surface area (Å²) in [6.07, 6.45) is 0.329. The molecule has 0 fully saturated rings. The third kappa shape index (κ3) is 3.80. The number of nitriles is 1. The van der Waals surface area contributed by atoms with Gasteiger partial charge in [0.1, 0.15) is 5.75 Å². The molecule has 1 rings (SSSR count). The standard InChI is InChI=1S/C13H15NO3/c1-9-5-10(3-4-12(9)17-2)6-11(8-14)7-13(15)16/h3-5,11H,6-7H2,1-2H3,(H,15,16). The second kappa shape index (κ2) is 5.90. The summed E-state index contributed by atoms with van der Waals surface area (Å²) in [4.78, 5) is 10.6. The van der Waals surface area contributed by atoms with Gasteiger partial charge < -0.3 is 9.84 Å². The average molecular weight is 233 g/mol. The molecule has 0 amide bonds. The van der Waals surface area contributed by atoms with Gasteiger partial charge in [-0.15, -0.1) is 0 Å². The van der Waals surface area contributed by atoms with Crippen LogP contribution < -0.4 is 4.74 Å². The zero-order chi connectivity index (χ0) is 12.8. The Morgan fingerprint density at radius 2 is 2.29 bits per heavy atom. The topological polar surface area (TPSA) is 70.3 Å². The zero-order valence-electron chi connectivity index (χ0n) is 9.93. The van der Waals surface area contributed by atoms with E-state index in [0.29, 0.717) is 6.42 Å². The van der Waals surface area contributed by atoms with Gasteiger partial charge in [0.15, 0.2) is 0 Å². The van der Waals surface area contributed by atoms with Crippen molar-refractivity contribution in [3.05, 3.63) is 29.3 Å². The van der Waals surface area contributed by atoms with E-state index in [0.717, 1.165) is 16.9 Å². The summed E-state index contributed by atoms with van der Waals surface area (Å²) < 4.78 is 5.14. The van der Waals surface area contributed by atoms with Crippen molar-refractivity contribution >= 4 is 5.97 Å². The van der Waals surface area contributed by atoms with Crippen LogP contribution in [0.2, 0.25) is 0 Å². The number of carbonyl (C=O) groups is 1. The van der Waals surface area contributed by atoms with Gasteiger partial charge in [0.05, 0.1) is 25.5 Å². The van der Waals surface area contributed by atoms with E-state index in [1.807, 2.05) is 31.2 Å². The predicted octanol–water partition coefficient (Wildman–Crippen LogP) is 2.16. The summed E-state index contributed by atoms with van der Waals surface area (Å²) in [5.74, 6) is -0.637. The van der Waals surface area contributed by atoms with Gasteiger partial charge in [0, 0.05) is 0 Å². The summed E-state index contributed by atoms with van der Waals surface area (Å²) in [5.41, 5.74) is 1.94. The van der Waals surface area contributed by atoms with Crippen molar-refractivity contribution in [1.29, 1.82) is 5.26 Å². The van der Waals surface area contributed by atoms with Crippen LogP contribution in [0, 0.1) is 24.2 Å². The van der Waals surface area contributed by atoms with Gasteiger partial charge in [0.25, 0.3) is 0 Å². The maximum Gasteiger partial charge on any atom is 0.304 e. The van der Waals surface area contributed by atoms with Crippen molar-refractivity contribution in [3.63, 3.8) is 0 Å². The van der Waals surface area contributed by atoms with Crippen molar-refractivity contribution in [1.82, 2.24) is 0 Å². The molecule has 90 valence electrons. The second-order valence-corrected chi connectivity index (χ2v) is 3.93. The van der Waals surface area contributed by atoms with Crippen LogP contribution in [0.15, 0.2) is 18.2 Å². The summed E-state index contributed by atoms with van der Waals surface area (Å²) in [6.45, 7) is 1.92. The van der Waals surface area contributed by atoms with Gasteiger partial charge in [0.2, 0.25) is 0 Å². The average Bonchev–Trinajstić information content (AvgIpc) is 2.27. The van der Waals surface area contributed by atoms with E-state index >= 15 is 0 Å². The number of hydrogen-bond donors (Lipinski definition) is 1. The number of nitrogens with zero attached hydrogens (tertiary/aromatic N) is 1. The van der Waals surface area contributed by atoms with Crippen LogP contribution in [0.5, 0.6) is 5.75 Å². The number of rotatable bonds is 5. The molecule has 1 aromatic rings. The first kappa shape index (κ1) is 13.0. The normalized spacial score (nSPS) is 11.6. The molecule has 1 N–H and O–H groups in total. The van der Waals surface area contributed by atoms with Crippen LogP contribution in [0.25, 0.3) is 0 Å². The SMILES string of the molecule is COc1ccc(CC(C#N)CC(=O)O)cc1C. The zero-order valence-corrected chi connectivity index (χ0v) is 9.93. The van der Waals surface area contributed by atoms with E-state index < -0.39 is 11.9 Å². The highest BCUT2D eigenvalue weighted by molar-refractivity contribution is 5.67. The maximum absolute atomic E-state index is 10.6. The quantitative estimate of drug-likeness (QED) is 0.846. The number of hydrogen-bond acceptors (Lipinski definition) is 3. The van der Waals surface area contributed by atoms with Crippen LogP contribution in [0.3, 0.4) is 0 Å². The summed E-state index contributed by atoms with van der Waals surface area (Å²) >= 11 is 0. The monoisotopic (exact) mass is 233 g/mol. The third-order valence-electron chi connectivity index (χ3n) is 2.54. The molecule has 1 unspecified atom stereocenters. The first-order valence-corrected chi connectivity index (χ1v) is 5.31. The van der Waals surface area contributed by atoms with Gasteiger partial charge in [-0.05, 0) is 30.5 Å². The third-order valence-corrected chi connectivity index (χ3v) is 2.54. The Kier molecular flexibility index (Phi) is 4.53. The number of aliphatic carboxylic acids is 1. The Morgan fingerprint density at radius 3 is 2.76 bits per heavy atom. The van der Waals surface area contributed by atoms with Crippen molar-refractivity contribution in [2.75, 3.05) is 7.11 Å². The summed E-state index contributed by atoms with van der Waals surface area (Å²) in [6, 6.07) is 7.63. The molecular weight excluding hydrogens is 218 g/mol. The van der Waals surface area contributed by atoms with E-state index in [9.17, 15) is 4.79 Å². The highest BCUT2D eigenvalue weighted by Gasteiger charge is 2.13. The number of carboxylic acid groups (broad SMARTS) is 1. The Balaban J connectivity index is 2.77. The summed E-state index contributed by atoms with van der Waals surface area (Å²) in [7, 11) is 1.60. The first-order chi connectivity index (χ1) is 8.06. The molecule has 0 aromatic heterocycles. The number of carboxylic acids is 1. The van der Waals surface area contributed by atoms with Crippen molar-refractivity contribution < 1.29 is 14.6 Å². The van der Waals surface area contributed by atoms with Crippen LogP contribution >= 0.6 is 0 Å². The minimum atomic E-state index is -0.943. The van der Waals surface area contributed by atoms with Crippen molar-refractivity contribution in [2.45, 2.75) is 19.8 Å². The van der Waals surface area contributed by atoms with E-state index in [1.54, 1.807) is 7.11 Å². The van der Waals surface area contributed by atoms with Crippen LogP contribution in [-0.4, -0.2) is 18.2 Å². The molecule has 0 aliphatic rings. The Morgan fingerprint density at radius 1 is 1.59 bits per heavy atom. The molecule has 17 heavy (non-hydrogen) atoms. The fourth-order valence-electron chi connectivity index (χ4n) is 1.73. The molecule has 4 nitrogen and oxygen atoms in total. The van der Waals surface area contributed by atoms with Gasteiger partial charge >= 0.3 is 5.97 Å². The molecule has 0 bridgehead atoms. The lowest BCUT2D eigenvalue weighted by atomic mass is 9.96. The molecule has 1 aromatic carbocycles. The number of methoxy groups -OCH3 is 1. The largest absolute Gasteiger partial charge is 0.496 e. The first-order valence-electron chi connectivity index (χ1n) is 5.31. The molecule has 0 aliphatic carbocycles. The second-order valence-electron chi connectivity index (χ2n) is 3.93. The molecule has 0 saturated heterocycles. The molecule has 1 atom stereocenters. The molecule has 4 heteroatoms. The van der Waals surface area contributed by atoms with Crippen molar-refractivity contribution in [3.8, 4) is 11.8 Å². The lowest BCUT2D eigenvalue weighted by molar-refractivity contribution is -0.137. The van der Waals surface area contributed by atoms with Crippen LogP contribution in [0.1, 0.15) is 17.5 Å². The number of ether oxygens (including phenoxy) is 1. The molecule has 0 heterocycles. The van der Waals surface area contributed by atoms with Gasteiger partial charge in [-0.25, -0.2) is 0 Å². The Labute approximate surface area is 100 Å². The van der Waals surface area contributed by atoms with E-state index in [1.165, 1.54) is 0 Å². The molecular formula is C13H15NO3. The predicted molar refractivity (Wildman–Crippen MR) is 62.8 cm³/mol. The van der Waals surface area contributed by atoms with Gasteiger partial charge in [-0.3, -0.25) is 4.79 Å². The fraction of sp³-hybridized carbons (Fsp3) is 0.385. The van der Waals surface area contributed by atoms with E-state index in [-0.39, 0.29) is 6.42 Å². The van der Waals surface area contributed by atoms with Gasteiger partial charge in [-0.1, -0.05) is 12.1 Å². The van der Waals surface area contributed by atoms with E-state index in [2.05, 4.69) is 0 Å². The Bertz CT molecular complexity index is 448. The lowest BCUT2D eigenvalue weighted by Gasteiger charge is -2.09. The maximum atomic E-state index is 10.6. The molecule has 0 radical (unpaired) electrons. The number of aryl methyl sites for hydroxylation is 1. The highest BCUT2D eigenvalue weighted by Crippen LogP contribution is 2.21. The van der Waals surface area contributed by atoms with Crippen LogP contribution in [0.4, 0.5) is 0 Å². The highest BCUT2D eigenvalue weighted by atomic mass is 16.5. The summed E-state index contributed by atoms with van der Waals surface area (Å²) in [5, 5.41) is 17.5. The molecule has 0 saturated carbocycles. The fourth-order valence-corrected chi connectivity index (χ4v) is 1.73. The van der Waals surface area contributed by atoms with Crippen LogP contribution in [-0.2, 0) is 11.2 Å². The molecule has 0 spiro atoms. The van der Waals surface area contributed by atoms with E-state index in [4.69, 9.17) is 15.1 Å². The number of benzene rings is 1. The minimum absolute atomic E-state index is 0.123. The Hall–Kier alpha value is -2.02. The van der Waals surface area contributed by atoms with Gasteiger partial charge in [-0.2, -0.15) is 5.26 Å². The minimum Gasteiger partial charge on any atom is -0.496 e. The van der Waals surface area contributed by atoms with Crippen molar-refractivity contribution in [2.24, 2.45) is 5.92 Å². The smallest absolute Gasteiger partial charge is 0.304 e. The molecule has 0 aliphatic heterocycles.